The zero-order valence-electron chi connectivity index (χ0n) is 13.0. The van der Waals surface area contributed by atoms with Crippen molar-refractivity contribution in [3.63, 3.8) is 0 Å². The predicted octanol–water partition coefficient (Wildman–Crippen LogP) is 3.19. The van der Waals surface area contributed by atoms with Crippen molar-refractivity contribution in [3.05, 3.63) is 21.9 Å². The molecule has 1 aliphatic rings. The summed E-state index contributed by atoms with van der Waals surface area (Å²) in [7, 11) is 2.22. The Balaban J connectivity index is 2.07. The largest absolute Gasteiger partial charge is 0.381 e. The first-order chi connectivity index (χ1) is 9.63. The van der Waals surface area contributed by atoms with Crippen LogP contribution in [0.1, 0.15) is 42.7 Å². The second kappa shape index (κ2) is 7.55. The second-order valence-electron chi connectivity index (χ2n) is 6.01. The van der Waals surface area contributed by atoms with Crippen LogP contribution in [-0.4, -0.2) is 37.7 Å². The highest BCUT2D eigenvalue weighted by Gasteiger charge is 2.27. The number of thiophene rings is 1. The third kappa shape index (κ3) is 3.82. The van der Waals surface area contributed by atoms with Gasteiger partial charge in [-0.25, -0.2) is 0 Å². The van der Waals surface area contributed by atoms with Crippen LogP contribution in [0.5, 0.6) is 0 Å². The minimum absolute atomic E-state index is 0.196. The highest BCUT2D eigenvalue weighted by atomic mass is 32.1. The van der Waals surface area contributed by atoms with Crippen molar-refractivity contribution in [3.8, 4) is 0 Å². The molecular weight excluding hydrogens is 268 g/mol. The summed E-state index contributed by atoms with van der Waals surface area (Å²) in [6, 6.07) is 2.73. The molecule has 3 nitrogen and oxygen atoms in total. The fourth-order valence-corrected chi connectivity index (χ4v) is 4.27. The first-order valence-corrected chi connectivity index (χ1v) is 8.59. The molecule has 0 spiro atoms. The van der Waals surface area contributed by atoms with E-state index in [4.69, 9.17) is 10.5 Å². The average molecular weight is 296 g/mol. The molecule has 0 bridgehead atoms. The topological polar surface area (TPSA) is 38.5 Å². The minimum atomic E-state index is 0.196. The van der Waals surface area contributed by atoms with E-state index >= 15 is 0 Å². The molecule has 2 rings (SSSR count). The molecule has 0 aliphatic carbocycles. The van der Waals surface area contributed by atoms with Gasteiger partial charge in [0.2, 0.25) is 0 Å². The van der Waals surface area contributed by atoms with Gasteiger partial charge in [-0.15, -0.1) is 11.3 Å². The van der Waals surface area contributed by atoms with Gasteiger partial charge in [-0.3, -0.25) is 4.90 Å². The summed E-state index contributed by atoms with van der Waals surface area (Å²) in [4.78, 5) is 3.88. The Morgan fingerprint density at radius 1 is 1.55 bits per heavy atom. The molecule has 0 saturated carbocycles. The standard InChI is InChI=1S/C16H28N2OS/c1-4-14(17)15(16-12(2)7-9-20-16)18(3)10-13-6-5-8-19-11-13/h7,9,13-15H,4-6,8,10-11,17H2,1-3H3. The Morgan fingerprint density at radius 2 is 2.35 bits per heavy atom. The van der Waals surface area contributed by atoms with Gasteiger partial charge in [0.1, 0.15) is 0 Å². The Labute approximate surface area is 127 Å². The van der Waals surface area contributed by atoms with Gasteiger partial charge in [-0.1, -0.05) is 6.92 Å². The summed E-state index contributed by atoms with van der Waals surface area (Å²) in [6.07, 6.45) is 3.48. The molecule has 114 valence electrons. The molecular formula is C16H28N2OS. The van der Waals surface area contributed by atoms with Crippen LogP contribution in [0.2, 0.25) is 0 Å². The van der Waals surface area contributed by atoms with Gasteiger partial charge in [0.05, 0.1) is 12.6 Å². The molecule has 1 aliphatic heterocycles. The van der Waals surface area contributed by atoms with Gasteiger partial charge >= 0.3 is 0 Å². The van der Waals surface area contributed by atoms with E-state index in [-0.39, 0.29) is 6.04 Å². The summed E-state index contributed by atoms with van der Waals surface area (Å²) in [5.74, 6) is 0.653. The zero-order valence-corrected chi connectivity index (χ0v) is 13.8. The molecule has 1 saturated heterocycles. The lowest BCUT2D eigenvalue weighted by atomic mass is 9.97. The quantitative estimate of drug-likeness (QED) is 0.876. The Bertz CT molecular complexity index is 401. The number of rotatable bonds is 6. The molecule has 2 N–H and O–H groups in total. The SMILES string of the molecule is CCC(N)C(c1sccc1C)N(C)CC1CCCOC1. The van der Waals surface area contributed by atoms with Crippen LogP contribution < -0.4 is 5.73 Å². The van der Waals surface area contributed by atoms with E-state index in [2.05, 4.69) is 37.2 Å². The molecule has 1 aromatic heterocycles. The zero-order chi connectivity index (χ0) is 14.5. The molecule has 0 aromatic carbocycles. The monoisotopic (exact) mass is 296 g/mol. The molecule has 20 heavy (non-hydrogen) atoms. The van der Waals surface area contributed by atoms with Crippen LogP contribution in [0.15, 0.2) is 11.4 Å². The Hall–Kier alpha value is -0.420. The van der Waals surface area contributed by atoms with Gasteiger partial charge in [0.25, 0.3) is 0 Å². The van der Waals surface area contributed by atoms with Crippen LogP contribution >= 0.6 is 11.3 Å². The molecule has 1 fully saturated rings. The molecule has 1 aromatic rings. The van der Waals surface area contributed by atoms with E-state index in [9.17, 15) is 0 Å². The van der Waals surface area contributed by atoms with Crippen molar-refractivity contribution in [1.82, 2.24) is 4.90 Å². The van der Waals surface area contributed by atoms with Gasteiger partial charge < -0.3 is 10.5 Å². The van der Waals surface area contributed by atoms with Crippen molar-refractivity contribution >= 4 is 11.3 Å². The van der Waals surface area contributed by atoms with Crippen LogP contribution in [0, 0.1) is 12.8 Å². The fourth-order valence-electron chi connectivity index (χ4n) is 3.10. The number of hydrogen-bond acceptors (Lipinski definition) is 4. The summed E-state index contributed by atoms with van der Waals surface area (Å²) in [5.41, 5.74) is 7.79. The number of hydrogen-bond donors (Lipinski definition) is 1. The van der Waals surface area contributed by atoms with Gasteiger partial charge in [0, 0.05) is 24.1 Å². The molecule has 0 amide bonds. The highest BCUT2D eigenvalue weighted by Crippen LogP contribution is 2.32. The Morgan fingerprint density at radius 3 is 2.90 bits per heavy atom. The predicted molar refractivity (Wildman–Crippen MR) is 86.2 cm³/mol. The molecule has 3 atom stereocenters. The number of nitrogens with zero attached hydrogens (tertiary/aromatic N) is 1. The van der Waals surface area contributed by atoms with Crippen LogP contribution in [0.4, 0.5) is 0 Å². The number of aryl methyl sites for hydroxylation is 1. The third-order valence-electron chi connectivity index (χ3n) is 4.32. The number of nitrogens with two attached hydrogens (primary N) is 1. The lowest BCUT2D eigenvalue weighted by Crippen LogP contribution is -2.42. The van der Waals surface area contributed by atoms with Gasteiger partial charge in [-0.05, 0) is 56.2 Å². The summed E-state index contributed by atoms with van der Waals surface area (Å²) in [6.45, 7) is 7.29. The highest BCUT2D eigenvalue weighted by molar-refractivity contribution is 7.10. The summed E-state index contributed by atoms with van der Waals surface area (Å²) in [5, 5.41) is 2.18. The Kier molecular flexibility index (Phi) is 6.02. The van der Waals surface area contributed by atoms with Crippen molar-refractivity contribution in [2.45, 2.75) is 45.2 Å². The van der Waals surface area contributed by atoms with E-state index in [1.807, 2.05) is 11.3 Å². The smallest absolute Gasteiger partial charge is 0.0593 e. The maximum atomic E-state index is 6.42. The van der Waals surface area contributed by atoms with Crippen LogP contribution in [0.3, 0.4) is 0 Å². The fraction of sp³-hybridized carbons (Fsp3) is 0.750. The van der Waals surface area contributed by atoms with Crippen molar-refractivity contribution < 1.29 is 4.74 Å². The maximum Gasteiger partial charge on any atom is 0.0593 e. The molecule has 2 heterocycles. The lowest BCUT2D eigenvalue weighted by Gasteiger charge is -2.35. The van der Waals surface area contributed by atoms with E-state index in [0.29, 0.717) is 12.0 Å². The molecule has 3 unspecified atom stereocenters. The van der Waals surface area contributed by atoms with Crippen LogP contribution in [0.25, 0.3) is 0 Å². The second-order valence-corrected chi connectivity index (χ2v) is 6.96. The summed E-state index contributed by atoms with van der Waals surface area (Å²) < 4.78 is 5.61. The first kappa shape index (κ1) is 16.0. The van der Waals surface area contributed by atoms with Crippen LogP contribution in [-0.2, 0) is 4.74 Å². The van der Waals surface area contributed by atoms with E-state index in [1.165, 1.54) is 23.3 Å². The van der Waals surface area contributed by atoms with E-state index < -0.39 is 0 Å². The van der Waals surface area contributed by atoms with E-state index in [1.54, 1.807) is 0 Å². The minimum Gasteiger partial charge on any atom is -0.381 e. The van der Waals surface area contributed by atoms with Gasteiger partial charge in [-0.2, -0.15) is 0 Å². The van der Waals surface area contributed by atoms with Crippen molar-refractivity contribution in [2.75, 3.05) is 26.8 Å². The number of ether oxygens (including phenoxy) is 1. The third-order valence-corrected chi connectivity index (χ3v) is 5.41. The molecule has 0 radical (unpaired) electrons. The molecule has 4 heteroatoms. The van der Waals surface area contributed by atoms with Crippen molar-refractivity contribution in [2.24, 2.45) is 11.7 Å². The van der Waals surface area contributed by atoms with Gasteiger partial charge in [0.15, 0.2) is 0 Å². The normalized spacial score (nSPS) is 22.9. The first-order valence-electron chi connectivity index (χ1n) is 7.71. The average Bonchev–Trinajstić information content (AvgIpc) is 2.86. The van der Waals surface area contributed by atoms with E-state index in [0.717, 1.165) is 26.2 Å². The maximum absolute atomic E-state index is 6.42. The summed E-state index contributed by atoms with van der Waals surface area (Å²) >= 11 is 1.84. The van der Waals surface area contributed by atoms with Crippen molar-refractivity contribution in [1.29, 1.82) is 0 Å². The number of likely N-dealkylation sites (N-methyl/N-ethyl adjacent to an activating group) is 1. The lowest BCUT2D eigenvalue weighted by molar-refractivity contribution is 0.0341.